The molecular formula is C11H15NO3. The van der Waals surface area contributed by atoms with Crippen molar-refractivity contribution in [3.05, 3.63) is 29.8 Å². The molecule has 1 N–H and O–H groups in total. The van der Waals surface area contributed by atoms with E-state index in [4.69, 9.17) is 9.94 Å². The fourth-order valence-electron chi connectivity index (χ4n) is 1.12. The molecule has 15 heavy (non-hydrogen) atoms. The topological polar surface area (TPSA) is 49.8 Å². The zero-order chi connectivity index (χ0) is 11.3. The molecule has 0 aliphatic heterocycles. The van der Waals surface area contributed by atoms with Gasteiger partial charge in [0, 0.05) is 13.1 Å². The molecule has 1 aromatic carbocycles. The van der Waals surface area contributed by atoms with Gasteiger partial charge in [-0.15, -0.1) is 5.06 Å². The smallest absolute Gasteiger partial charge is 0.357 e. The van der Waals surface area contributed by atoms with Crippen LogP contribution >= 0.6 is 0 Å². The molecule has 82 valence electrons. The maximum absolute atomic E-state index is 11.5. The molecule has 0 aliphatic rings. The lowest BCUT2D eigenvalue weighted by molar-refractivity contribution is -0.103. The van der Waals surface area contributed by atoms with Crippen LogP contribution in [0, 0.1) is 0 Å². The van der Waals surface area contributed by atoms with E-state index >= 15 is 0 Å². The Morgan fingerprint density at radius 3 is 2.27 bits per heavy atom. The quantitative estimate of drug-likeness (QED) is 0.768. The lowest BCUT2D eigenvalue weighted by Gasteiger charge is -2.16. The summed E-state index contributed by atoms with van der Waals surface area (Å²) in [6.45, 7) is 5.13. The number of hydroxylamine groups is 2. The van der Waals surface area contributed by atoms with Crippen LogP contribution in [0.2, 0.25) is 0 Å². The van der Waals surface area contributed by atoms with Gasteiger partial charge < -0.3 is 9.94 Å². The van der Waals surface area contributed by atoms with E-state index in [-0.39, 0.29) is 5.75 Å². The molecule has 1 rings (SSSR count). The second kappa shape index (κ2) is 5.36. The molecule has 0 fully saturated rings. The molecule has 0 saturated carbocycles. The summed E-state index contributed by atoms with van der Waals surface area (Å²) in [6, 6.07) is 5.97. The van der Waals surface area contributed by atoms with Crippen LogP contribution in [0.15, 0.2) is 24.3 Å². The highest BCUT2D eigenvalue weighted by atomic mass is 16.7. The fraction of sp³-hybridized carbons (Fsp3) is 0.364. The van der Waals surface area contributed by atoms with Gasteiger partial charge >= 0.3 is 5.97 Å². The Balaban J connectivity index is 2.64. The molecule has 0 bridgehead atoms. The van der Waals surface area contributed by atoms with E-state index < -0.39 is 5.97 Å². The maximum atomic E-state index is 11.5. The van der Waals surface area contributed by atoms with Crippen molar-refractivity contribution in [3.63, 3.8) is 0 Å². The minimum Gasteiger partial charge on any atom is -0.508 e. The van der Waals surface area contributed by atoms with E-state index in [0.29, 0.717) is 18.7 Å². The van der Waals surface area contributed by atoms with E-state index in [1.807, 2.05) is 13.8 Å². The zero-order valence-electron chi connectivity index (χ0n) is 8.93. The highest BCUT2D eigenvalue weighted by Gasteiger charge is 2.10. The SMILES string of the molecule is CCN(CC)OC(=O)c1ccc(O)cc1. The van der Waals surface area contributed by atoms with Gasteiger partial charge in [0.1, 0.15) is 5.75 Å². The van der Waals surface area contributed by atoms with Crippen LogP contribution in [0.3, 0.4) is 0 Å². The normalized spacial score (nSPS) is 10.3. The number of carbonyl (C=O) groups excluding carboxylic acids is 1. The van der Waals surface area contributed by atoms with E-state index in [1.54, 1.807) is 5.06 Å². The number of hydrogen-bond acceptors (Lipinski definition) is 4. The summed E-state index contributed by atoms with van der Waals surface area (Å²) in [5.41, 5.74) is 0.430. The Labute approximate surface area is 89.0 Å². The van der Waals surface area contributed by atoms with Gasteiger partial charge in [-0.2, -0.15) is 0 Å². The second-order valence-electron chi connectivity index (χ2n) is 3.04. The Hall–Kier alpha value is -1.55. The Bertz CT molecular complexity index is 317. The zero-order valence-corrected chi connectivity index (χ0v) is 8.93. The van der Waals surface area contributed by atoms with Gasteiger partial charge in [-0.1, -0.05) is 0 Å². The number of phenols is 1. The van der Waals surface area contributed by atoms with Gasteiger partial charge in [-0.05, 0) is 38.1 Å². The first-order valence-electron chi connectivity index (χ1n) is 4.93. The summed E-state index contributed by atoms with van der Waals surface area (Å²) in [5, 5.41) is 10.6. The van der Waals surface area contributed by atoms with Crippen molar-refractivity contribution in [2.75, 3.05) is 13.1 Å². The largest absolute Gasteiger partial charge is 0.508 e. The predicted molar refractivity (Wildman–Crippen MR) is 56.4 cm³/mol. The van der Waals surface area contributed by atoms with Gasteiger partial charge in [-0.25, -0.2) is 4.79 Å². The van der Waals surface area contributed by atoms with Crippen LogP contribution in [-0.2, 0) is 4.84 Å². The molecular weight excluding hydrogens is 194 g/mol. The van der Waals surface area contributed by atoms with Crippen LogP contribution in [0.1, 0.15) is 24.2 Å². The summed E-state index contributed by atoms with van der Waals surface area (Å²) in [5.74, 6) is -0.270. The third-order valence-electron chi connectivity index (χ3n) is 2.02. The Morgan fingerprint density at radius 2 is 1.80 bits per heavy atom. The Morgan fingerprint density at radius 1 is 1.27 bits per heavy atom. The monoisotopic (exact) mass is 209 g/mol. The molecule has 0 heterocycles. The molecule has 0 unspecified atom stereocenters. The standard InChI is InChI=1S/C11H15NO3/c1-3-12(4-2)15-11(14)9-5-7-10(13)8-6-9/h5-8,13H,3-4H2,1-2H3. The van der Waals surface area contributed by atoms with Crippen LogP contribution < -0.4 is 0 Å². The number of nitrogens with zero attached hydrogens (tertiary/aromatic N) is 1. The first-order valence-corrected chi connectivity index (χ1v) is 4.93. The van der Waals surface area contributed by atoms with Crippen molar-refractivity contribution < 1.29 is 14.7 Å². The molecule has 0 atom stereocenters. The van der Waals surface area contributed by atoms with E-state index in [9.17, 15) is 4.79 Å². The number of rotatable bonds is 4. The third kappa shape index (κ3) is 3.25. The van der Waals surface area contributed by atoms with Gasteiger partial charge in [0.05, 0.1) is 5.56 Å². The molecule has 1 aromatic rings. The van der Waals surface area contributed by atoms with Gasteiger partial charge in [-0.3, -0.25) is 0 Å². The van der Waals surface area contributed by atoms with Crippen molar-refractivity contribution in [2.24, 2.45) is 0 Å². The van der Waals surface area contributed by atoms with Crippen LogP contribution in [0.4, 0.5) is 0 Å². The number of aromatic hydroxyl groups is 1. The molecule has 0 radical (unpaired) electrons. The minimum atomic E-state index is -0.404. The van der Waals surface area contributed by atoms with E-state index in [0.717, 1.165) is 0 Å². The first-order chi connectivity index (χ1) is 7.17. The van der Waals surface area contributed by atoms with Crippen molar-refractivity contribution >= 4 is 5.97 Å². The third-order valence-corrected chi connectivity index (χ3v) is 2.02. The van der Waals surface area contributed by atoms with Crippen LogP contribution in [0.25, 0.3) is 0 Å². The highest BCUT2D eigenvalue weighted by Crippen LogP contribution is 2.11. The number of carbonyl (C=O) groups is 1. The average molecular weight is 209 g/mol. The van der Waals surface area contributed by atoms with Gasteiger partial charge in [0.2, 0.25) is 0 Å². The lowest BCUT2D eigenvalue weighted by atomic mass is 10.2. The summed E-state index contributed by atoms with van der Waals surface area (Å²) in [6.07, 6.45) is 0. The second-order valence-corrected chi connectivity index (χ2v) is 3.04. The number of benzene rings is 1. The maximum Gasteiger partial charge on any atom is 0.357 e. The highest BCUT2D eigenvalue weighted by molar-refractivity contribution is 5.89. The molecule has 0 saturated heterocycles. The van der Waals surface area contributed by atoms with Crippen molar-refractivity contribution in [1.82, 2.24) is 5.06 Å². The van der Waals surface area contributed by atoms with Crippen molar-refractivity contribution in [3.8, 4) is 5.75 Å². The predicted octanol–water partition coefficient (Wildman–Crippen LogP) is 1.81. The van der Waals surface area contributed by atoms with E-state index in [1.165, 1.54) is 24.3 Å². The fourth-order valence-corrected chi connectivity index (χ4v) is 1.12. The van der Waals surface area contributed by atoms with E-state index in [2.05, 4.69) is 0 Å². The number of phenolic OH excluding ortho intramolecular Hbond substituents is 1. The molecule has 0 spiro atoms. The van der Waals surface area contributed by atoms with Crippen LogP contribution in [0.5, 0.6) is 5.75 Å². The summed E-state index contributed by atoms with van der Waals surface area (Å²) in [4.78, 5) is 16.6. The molecule has 0 aromatic heterocycles. The molecule has 4 nitrogen and oxygen atoms in total. The first kappa shape index (κ1) is 11.5. The molecule has 4 heteroatoms. The summed E-state index contributed by atoms with van der Waals surface area (Å²) >= 11 is 0. The number of hydrogen-bond donors (Lipinski definition) is 1. The minimum absolute atomic E-state index is 0.134. The van der Waals surface area contributed by atoms with Crippen molar-refractivity contribution in [2.45, 2.75) is 13.8 Å². The van der Waals surface area contributed by atoms with Crippen LogP contribution in [-0.4, -0.2) is 29.2 Å². The summed E-state index contributed by atoms with van der Waals surface area (Å²) in [7, 11) is 0. The van der Waals surface area contributed by atoms with Gasteiger partial charge in [0.15, 0.2) is 0 Å². The lowest BCUT2D eigenvalue weighted by Crippen LogP contribution is -2.26. The van der Waals surface area contributed by atoms with Crippen molar-refractivity contribution in [1.29, 1.82) is 0 Å². The van der Waals surface area contributed by atoms with Gasteiger partial charge in [0.25, 0.3) is 0 Å². The Kier molecular flexibility index (Phi) is 4.12. The molecule has 0 amide bonds. The molecule has 0 aliphatic carbocycles. The summed E-state index contributed by atoms with van der Waals surface area (Å²) < 4.78 is 0. The average Bonchev–Trinajstić information content (AvgIpc) is 2.26.